The molecule has 1 aliphatic rings. The lowest BCUT2D eigenvalue weighted by Gasteiger charge is -2.20. The molecule has 0 spiro atoms. The van der Waals surface area contributed by atoms with Crippen LogP contribution in [0.4, 0.5) is 10.1 Å². The summed E-state index contributed by atoms with van der Waals surface area (Å²) in [5.41, 5.74) is 8.62. The third-order valence-electron chi connectivity index (χ3n) is 6.16. The first-order valence-electron chi connectivity index (χ1n) is 10.4. The number of nitrogen functional groups attached to an aromatic ring is 1. The normalized spacial score (nSPS) is 16.5. The molecule has 0 bridgehead atoms. The fraction of sp³-hybridized carbons (Fsp3) is 0.261. The van der Waals surface area contributed by atoms with E-state index in [2.05, 4.69) is 19.9 Å². The van der Waals surface area contributed by atoms with Crippen LogP contribution in [0.1, 0.15) is 16.8 Å². The third kappa shape index (κ3) is 3.31. The van der Waals surface area contributed by atoms with E-state index in [-0.39, 0.29) is 11.6 Å². The molecule has 0 radical (unpaired) electrons. The number of benzene rings is 2. The minimum Gasteiger partial charge on any atom is -0.396 e. The van der Waals surface area contributed by atoms with Crippen molar-refractivity contribution in [1.29, 1.82) is 0 Å². The molecule has 4 aromatic rings. The topological polar surface area (TPSA) is 111 Å². The summed E-state index contributed by atoms with van der Waals surface area (Å²) in [5, 5.41) is 0.634. The Balaban J connectivity index is 1.54. The lowest BCUT2D eigenvalue weighted by atomic mass is 10.1. The number of nitrogens with two attached hydrogens (primary N) is 1. The number of halogens is 1. The molecule has 9 heteroatoms. The standard InChI is InChI=1S/C23H23FN6O2/c1-29(2)14-7-8-30(11-14)23(32)12-3-5-16-15(9-12)19(25)20(26-16)21-22(31)28-17-6-4-13(24)10-18(17)27-21/h3-6,9-10,14,26H,7-8,11,25H2,1-2H3,(H,28,31)/t14-/m0/s1. The number of hydrogen-bond donors (Lipinski definition) is 3. The summed E-state index contributed by atoms with van der Waals surface area (Å²) in [7, 11) is 4.04. The summed E-state index contributed by atoms with van der Waals surface area (Å²) in [5.74, 6) is -0.496. The van der Waals surface area contributed by atoms with E-state index in [1.165, 1.54) is 18.2 Å². The highest BCUT2D eigenvalue weighted by molar-refractivity contribution is 6.04. The highest BCUT2D eigenvalue weighted by atomic mass is 19.1. The van der Waals surface area contributed by atoms with Gasteiger partial charge in [0.25, 0.3) is 11.5 Å². The molecule has 1 amide bonds. The highest BCUT2D eigenvalue weighted by Gasteiger charge is 2.28. The van der Waals surface area contributed by atoms with Crippen molar-refractivity contribution in [3.05, 3.63) is 58.1 Å². The van der Waals surface area contributed by atoms with Gasteiger partial charge >= 0.3 is 0 Å². The van der Waals surface area contributed by atoms with E-state index in [4.69, 9.17) is 5.73 Å². The van der Waals surface area contributed by atoms with Gasteiger partial charge in [0, 0.05) is 41.7 Å². The second-order valence-electron chi connectivity index (χ2n) is 8.41. The average molecular weight is 434 g/mol. The number of amides is 1. The van der Waals surface area contributed by atoms with Gasteiger partial charge in [-0.05, 0) is 50.8 Å². The van der Waals surface area contributed by atoms with E-state index < -0.39 is 11.4 Å². The number of fused-ring (bicyclic) bond motifs is 2. The first-order valence-corrected chi connectivity index (χ1v) is 10.4. The molecular formula is C23H23FN6O2. The summed E-state index contributed by atoms with van der Waals surface area (Å²) in [6, 6.07) is 9.59. The van der Waals surface area contributed by atoms with Crippen LogP contribution < -0.4 is 11.3 Å². The van der Waals surface area contributed by atoms with Crippen LogP contribution in [0.15, 0.2) is 41.2 Å². The summed E-state index contributed by atoms with van der Waals surface area (Å²) in [6.45, 7) is 1.39. The quantitative estimate of drug-likeness (QED) is 0.459. The van der Waals surface area contributed by atoms with Crippen LogP contribution in [0.2, 0.25) is 0 Å². The van der Waals surface area contributed by atoms with E-state index in [0.717, 1.165) is 6.42 Å². The van der Waals surface area contributed by atoms with Crippen molar-refractivity contribution >= 4 is 33.5 Å². The second kappa shape index (κ2) is 7.45. The number of nitrogens with one attached hydrogen (secondary N) is 2. The van der Waals surface area contributed by atoms with E-state index in [1.54, 1.807) is 18.2 Å². The maximum absolute atomic E-state index is 13.6. The number of carbonyl (C=O) groups excluding carboxylic acids is 1. The fourth-order valence-corrected chi connectivity index (χ4v) is 4.29. The number of aromatic nitrogens is 3. The Labute approximate surface area is 182 Å². The predicted octanol–water partition coefficient (Wildman–Crippen LogP) is 2.57. The number of likely N-dealkylation sites (N-methyl/N-ethyl adjacent to an activating group) is 1. The monoisotopic (exact) mass is 434 g/mol. The Bertz CT molecular complexity index is 1420. The zero-order chi connectivity index (χ0) is 22.6. The van der Waals surface area contributed by atoms with Crippen molar-refractivity contribution in [1.82, 2.24) is 24.8 Å². The number of H-pyrrole nitrogens is 2. The first-order chi connectivity index (χ1) is 15.3. The Kier molecular flexibility index (Phi) is 4.70. The molecule has 0 aliphatic carbocycles. The molecule has 0 unspecified atom stereocenters. The van der Waals surface area contributed by atoms with Crippen molar-refractivity contribution in [2.75, 3.05) is 32.9 Å². The lowest BCUT2D eigenvalue weighted by molar-refractivity contribution is 0.0783. The summed E-state index contributed by atoms with van der Waals surface area (Å²) < 4.78 is 13.6. The molecule has 3 heterocycles. The van der Waals surface area contributed by atoms with Gasteiger partial charge < -0.3 is 25.5 Å². The summed E-state index contributed by atoms with van der Waals surface area (Å²) in [6.07, 6.45) is 0.939. The number of rotatable bonds is 3. The zero-order valence-corrected chi connectivity index (χ0v) is 17.8. The number of likely N-dealkylation sites (tertiary alicyclic amines) is 1. The predicted molar refractivity (Wildman–Crippen MR) is 122 cm³/mol. The number of carbonyl (C=O) groups is 1. The minimum absolute atomic E-state index is 0.0458. The molecule has 1 saturated heterocycles. The Hall–Kier alpha value is -3.72. The van der Waals surface area contributed by atoms with Crippen molar-refractivity contribution in [3.8, 4) is 11.4 Å². The van der Waals surface area contributed by atoms with Gasteiger partial charge in [-0.3, -0.25) is 9.59 Å². The fourth-order valence-electron chi connectivity index (χ4n) is 4.29. The van der Waals surface area contributed by atoms with Crippen molar-refractivity contribution in [2.45, 2.75) is 12.5 Å². The van der Waals surface area contributed by atoms with E-state index >= 15 is 0 Å². The molecule has 1 fully saturated rings. The minimum atomic E-state index is -0.450. The summed E-state index contributed by atoms with van der Waals surface area (Å²) >= 11 is 0. The SMILES string of the molecule is CN(C)[C@H]1CCN(C(=O)c2ccc3[nH]c(-c4nc5cc(F)ccc5[nH]c4=O)c(N)c3c2)C1. The van der Waals surface area contributed by atoms with Crippen LogP contribution in [-0.4, -0.2) is 63.9 Å². The molecule has 164 valence electrons. The van der Waals surface area contributed by atoms with Crippen LogP contribution in [0, 0.1) is 5.82 Å². The molecule has 4 N–H and O–H groups in total. The molecule has 1 atom stereocenters. The number of nitrogens with zero attached hydrogens (tertiary/aromatic N) is 3. The van der Waals surface area contributed by atoms with E-state index in [1.807, 2.05) is 19.0 Å². The van der Waals surface area contributed by atoms with Gasteiger partial charge in [-0.1, -0.05) is 0 Å². The molecule has 1 aliphatic heterocycles. The van der Waals surface area contributed by atoms with Crippen LogP contribution in [0.3, 0.4) is 0 Å². The molecule has 32 heavy (non-hydrogen) atoms. The van der Waals surface area contributed by atoms with E-state index in [0.29, 0.717) is 58.0 Å². The maximum Gasteiger partial charge on any atom is 0.276 e. The van der Waals surface area contributed by atoms with Crippen molar-refractivity contribution in [3.63, 3.8) is 0 Å². The van der Waals surface area contributed by atoms with Gasteiger partial charge in [0.15, 0.2) is 5.69 Å². The average Bonchev–Trinajstić information content (AvgIpc) is 3.38. The van der Waals surface area contributed by atoms with Crippen molar-refractivity contribution in [2.24, 2.45) is 0 Å². The largest absolute Gasteiger partial charge is 0.396 e. The number of aromatic amines is 2. The van der Waals surface area contributed by atoms with Gasteiger partial charge in [0.2, 0.25) is 0 Å². The Morgan fingerprint density at radius 3 is 2.72 bits per heavy atom. The van der Waals surface area contributed by atoms with Gasteiger partial charge in [-0.25, -0.2) is 9.37 Å². The van der Waals surface area contributed by atoms with Gasteiger partial charge in [0.1, 0.15) is 5.82 Å². The zero-order valence-electron chi connectivity index (χ0n) is 17.8. The molecular weight excluding hydrogens is 411 g/mol. The van der Waals surface area contributed by atoms with Gasteiger partial charge in [-0.15, -0.1) is 0 Å². The molecule has 8 nitrogen and oxygen atoms in total. The number of anilines is 1. The van der Waals surface area contributed by atoms with Crippen LogP contribution >= 0.6 is 0 Å². The highest BCUT2D eigenvalue weighted by Crippen LogP contribution is 2.32. The van der Waals surface area contributed by atoms with E-state index in [9.17, 15) is 14.0 Å². The smallest absolute Gasteiger partial charge is 0.276 e. The van der Waals surface area contributed by atoms with Gasteiger partial charge in [-0.2, -0.15) is 0 Å². The first kappa shape index (κ1) is 20.2. The molecule has 5 rings (SSSR count). The lowest BCUT2D eigenvalue weighted by Crippen LogP contribution is -2.34. The Morgan fingerprint density at radius 2 is 1.97 bits per heavy atom. The summed E-state index contributed by atoms with van der Waals surface area (Å²) in [4.78, 5) is 39.8. The van der Waals surface area contributed by atoms with Crippen LogP contribution in [0.5, 0.6) is 0 Å². The molecule has 0 saturated carbocycles. The van der Waals surface area contributed by atoms with Crippen molar-refractivity contribution < 1.29 is 9.18 Å². The van der Waals surface area contributed by atoms with Gasteiger partial charge in [0.05, 0.1) is 22.4 Å². The van der Waals surface area contributed by atoms with Crippen LogP contribution in [0.25, 0.3) is 33.3 Å². The van der Waals surface area contributed by atoms with Crippen LogP contribution in [-0.2, 0) is 0 Å². The second-order valence-corrected chi connectivity index (χ2v) is 8.41. The Morgan fingerprint density at radius 1 is 1.19 bits per heavy atom. The molecule has 2 aromatic carbocycles. The third-order valence-corrected chi connectivity index (χ3v) is 6.16. The molecule has 2 aromatic heterocycles. The number of hydrogen-bond acceptors (Lipinski definition) is 5. The maximum atomic E-state index is 13.6.